The quantitative estimate of drug-likeness (QED) is 0.525. The molecule has 0 aliphatic carbocycles. The Morgan fingerprint density at radius 2 is 1.73 bits per heavy atom. The Balaban J connectivity index is 1.43. The molecule has 2 amide bonds. The highest BCUT2D eigenvalue weighted by atomic mass is 32.2. The molecule has 2 aromatic carbocycles. The molecule has 0 saturated carbocycles. The first-order valence-electron chi connectivity index (χ1n) is 9.87. The highest BCUT2D eigenvalue weighted by Gasteiger charge is 2.36. The van der Waals surface area contributed by atoms with Crippen molar-refractivity contribution < 1.29 is 14.3 Å². The number of aromatic nitrogens is 1. The first-order chi connectivity index (χ1) is 14.7. The summed E-state index contributed by atoms with van der Waals surface area (Å²) in [6, 6.07) is 21.6. The number of hydrogen-bond acceptors (Lipinski definition) is 5. The van der Waals surface area contributed by atoms with Crippen LogP contribution >= 0.6 is 11.8 Å². The van der Waals surface area contributed by atoms with Gasteiger partial charge in [-0.25, -0.2) is 0 Å². The average molecular weight is 419 g/mol. The normalized spacial score (nSPS) is 14.7. The molecule has 1 aromatic heterocycles. The maximum atomic E-state index is 12.3. The van der Waals surface area contributed by atoms with Gasteiger partial charge in [0.05, 0.1) is 11.8 Å². The number of hydrogen-bond donors (Lipinski definition) is 0. The third-order valence-corrected chi connectivity index (χ3v) is 5.88. The van der Waals surface area contributed by atoms with E-state index >= 15 is 0 Å². The fourth-order valence-corrected chi connectivity index (χ4v) is 4.23. The van der Waals surface area contributed by atoms with Crippen molar-refractivity contribution >= 4 is 22.9 Å². The number of carbonyl (C=O) groups excluding carboxylic acids is 2. The van der Waals surface area contributed by atoms with Crippen LogP contribution in [0.4, 0.5) is 4.79 Å². The number of nitrogens with zero attached hydrogens (tertiary/aromatic N) is 2. The number of imide groups is 1. The van der Waals surface area contributed by atoms with Crippen LogP contribution in [0.25, 0.3) is 11.1 Å². The molecule has 0 N–H and O–H groups in total. The third-order valence-electron chi connectivity index (χ3n) is 5.04. The number of thioether (sulfide) groups is 1. The fraction of sp³-hybridized carbons (Fsp3) is 0.208. The largest absolute Gasteiger partial charge is 0.491 e. The van der Waals surface area contributed by atoms with Gasteiger partial charge in [-0.3, -0.25) is 19.5 Å². The van der Waals surface area contributed by atoms with Crippen LogP contribution in [0.1, 0.15) is 12.0 Å². The topological polar surface area (TPSA) is 59.5 Å². The predicted molar refractivity (Wildman–Crippen MR) is 118 cm³/mol. The summed E-state index contributed by atoms with van der Waals surface area (Å²) in [7, 11) is 0. The van der Waals surface area contributed by atoms with Crippen LogP contribution in [0.3, 0.4) is 0 Å². The van der Waals surface area contributed by atoms with Crippen molar-refractivity contribution in [3.63, 3.8) is 0 Å². The molecule has 2 heterocycles. The zero-order valence-electron chi connectivity index (χ0n) is 16.4. The molecule has 3 aromatic rings. The second kappa shape index (κ2) is 9.59. The highest BCUT2D eigenvalue weighted by Crippen LogP contribution is 2.26. The predicted octanol–water partition coefficient (Wildman–Crippen LogP) is 4.82. The molecule has 1 saturated heterocycles. The van der Waals surface area contributed by atoms with Crippen LogP contribution in [-0.2, 0) is 11.2 Å². The molecular weight excluding hydrogens is 396 g/mol. The van der Waals surface area contributed by atoms with Gasteiger partial charge in [0, 0.05) is 12.4 Å². The van der Waals surface area contributed by atoms with E-state index in [0.717, 1.165) is 34.9 Å². The molecule has 1 aliphatic heterocycles. The van der Waals surface area contributed by atoms with Crippen LogP contribution in [0.2, 0.25) is 0 Å². The second-order valence-corrected chi connectivity index (χ2v) is 8.00. The van der Waals surface area contributed by atoms with Gasteiger partial charge in [0.2, 0.25) is 5.91 Å². The van der Waals surface area contributed by atoms with E-state index in [9.17, 15) is 9.59 Å². The summed E-state index contributed by atoms with van der Waals surface area (Å²) in [5.74, 6) is 0.769. The zero-order valence-corrected chi connectivity index (χ0v) is 17.3. The standard InChI is InChI=1S/C24H22N2O3S/c27-23-17-30-24(28)26(23)21(11-8-18-5-4-14-25-15-18)16-29-22-12-9-20(10-13-22)19-6-2-1-3-7-19/h1-7,9-10,12-15,21H,8,11,16-17H2. The van der Waals surface area contributed by atoms with Crippen LogP contribution in [0, 0.1) is 0 Å². The number of pyridine rings is 1. The van der Waals surface area contributed by atoms with Crippen molar-refractivity contribution in [2.45, 2.75) is 18.9 Å². The minimum atomic E-state index is -0.311. The van der Waals surface area contributed by atoms with Gasteiger partial charge < -0.3 is 4.74 Å². The van der Waals surface area contributed by atoms with E-state index in [0.29, 0.717) is 12.2 Å². The minimum absolute atomic E-state index is 0.149. The van der Waals surface area contributed by atoms with Gasteiger partial charge in [-0.1, -0.05) is 60.3 Å². The van der Waals surface area contributed by atoms with E-state index in [1.165, 1.54) is 4.90 Å². The minimum Gasteiger partial charge on any atom is -0.491 e. The molecule has 1 fully saturated rings. The van der Waals surface area contributed by atoms with Crippen molar-refractivity contribution in [1.82, 2.24) is 9.88 Å². The van der Waals surface area contributed by atoms with Gasteiger partial charge in [-0.2, -0.15) is 0 Å². The molecule has 6 heteroatoms. The number of carbonyl (C=O) groups is 2. The van der Waals surface area contributed by atoms with Gasteiger partial charge in [0.25, 0.3) is 5.24 Å². The maximum Gasteiger partial charge on any atom is 0.289 e. The van der Waals surface area contributed by atoms with Crippen LogP contribution < -0.4 is 4.74 Å². The second-order valence-electron chi connectivity index (χ2n) is 7.07. The highest BCUT2D eigenvalue weighted by molar-refractivity contribution is 8.14. The molecule has 0 bridgehead atoms. The van der Waals surface area contributed by atoms with Crippen molar-refractivity contribution in [2.75, 3.05) is 12.4 Å². The van der Waals surface area contributed by atoms with Crippen molar-refractivity contribution in [3.05, 3.63) is 84.7 Å². The van der Waals surface area contributed by atoms with E-state index in [4.69, 9.17) is 4.74 Å². The average Bonchev–Trinajstić information content (AvgIpc) is 3.13. The summed E-state index contributed by atoms with van der Waals surface area (Å²) in [6.07, 6.45) is 4.89. The van der Waals surface area contributed by atoms with E-state index in [1.54, 1.807) is 6.20 Å². The van der Waals surface area contributed by atoms with E-state index in [-0.39, 0.29) is 29.5 Å². The van der Waals surface area contributed by atoms with Gasteiger partial charge in [0.1, 0.15) is 12.4 Å². The van der Waals surface area contributed by atoms with Crippen LogP contribution in [0.5, 0.6) is 5.75 Å². The van der Waals surface area contributed by atoms with Crippen molar-refractivity contribution in [1.29, 1.82) is 0 Å². The lowest BCUT2D eigenvalue weighted by Gasteiger charge is -2.25. The van der Waals surface area contributed by atoms with E-state index < -0.39 is 0 Å². The first-order valence-corrected chi connectivity index (χ1v) is 10.9. The lowest BCUT2D eigenvalue weighted by molar-refractivity contribution is -0.126. The molecule has 30 heavy (non-hydrogen) atoms. The molecule has 4 rings (SSSR count). The zero-order chi connectivity index (χ0) is 20.8. The van der Waals surface area contributed by atoms with Gasteiger partial charge in [0.15, 0.2) is 0 Å². The van der Waals surface area contributed by atoms with Crippen LogP contribution in [-0.4, -0.2) is 39.4 Å². The van der Waals surface area contributed by atoms with Gasteiger partial charge >= 0.3 is 0 Å². The number of aryl methyl sites for hydroxylation is 1. The first kappa shape index (κ1) is 20.2. The van der Waals surface area contributed by atoms with E-state index in [1.807, 2.05) is 60.8 Å². The lowest BCUT2D eigenvalue weighted by atomic mass is 10.1. The number of amides is 2. The molecule has 1 aliphatic rings. The molecular formula is C24H22N2O3S. The molecule has 1 unspecified atom stereocenters. The molecule has 0 radical (unpaired) electrons. The Morgan fingerprint density at radius 1 is 0.967 bits per heavy atom. The van der Waals surface area contributed by atoms with Crippen molar-refractivity contribution in [3.8, 4) is 16.9 Å². The molecule has 1 atom stereocenters. The van der Waals surface area contributed by atoms with E-state index in [2.05, 4.69) is 17.1 Å². The smallest absolute Gasteiger partial charge is 0.289 e. The summed E-state index contributed by atoms with van der Waals surface area (Å²) in [6.45, 7) is 0.267. The van der Waals surface area contributed by atoms with Gasteiger partial charge in [-0.05, 0) is 47.7 Å². The number of benzene rings is 2. The SMILES string of the molecule is O=C1CSC(=O)N1C(CCc1cccnc1)COc1ccc(-c2ccccc2)cc1. The summed E-state index contributed by atoms with van der Waals surface area (Å²) in [4.78, 5) is 30.0. The molecule has 5 nitrogen and oxygen atoms in total. The summed E-state index contributed by atoms with van der Waals surface area (Å²) in [5.41, 5.74) is 3.32. The molecule has 0 spiro atoms. The van der Waals surface area contributed by atoms with Crippen molar-refractivity contribution in [2.24, 2.45) is 0 Å². The number of rotatable bonds is 8. The monoisotopic (exact) mass is 418 g/mol. The fourth-order valence-electron chi connectivity index (χ4n) is 3.45. The Bertz CT molecular complexity index is 978. The Labute approximate surface area is 180 Å². The van der Waals surface area contributed by atoms with Crippen LogP contribution in [0.15, 0.2) is 79.1 Å². The summed E-state index contributed by atoms with van der Waals surface area (Å²) < 4.78 is 5.99. The van der Waals surface area contributed by atoms with Gasteiger partial charge in [-0.15, -0.1) is 0 Å². The Hall–Kier alpha value is -3.12. The Morgan fingerprint density at radius 3 is 2.40 bits per heavy atom. The Kier molecular flexibility index (Phi) is 6.44. The molecule has 152 valence electrons. The summed E-state index contributed by atoms with van der Waals surface area (Å²) >= 11 is 1.05. The maximum absolute atomic E-state index is 12.3. The number of ether oxygens (including phenoxy) is 1. The summed E-state index contributed by atoms with van der Waals surface area (Å²) in [5, 5.41) is -0.195. The third kappa shape index (κ3) is 4.89. The lowest BCUT2D eigenvalue weighted by Crippen LogP contribution is -2.43.